The minimum absolute atomic E-state index is 0.534. The van der Waals surface area contributed by atoms with E-state index in [0.717, 1.165) is 18.1 Å². The van der Waals surface area contributed by atoms with Gasteiger partial charge in [0.1, 0.15) is 5.15 Å². The van der Waals surface area contributed by atoms with Crippen LogP contribution in [0.1, 0.15) is 24.8 Å². The Bertz CT molecular complexity index is 282. The van der Waals surface area contributed by atoms with E-state index < -0.39 is 0 Å². The largest absolute Gasteiger partial charge is 0.377 e. The van der Waals surface area contributed by atoms with Crippen LogP contribution in [0.5, 0.6) is 0 Å². The van der Waals surface area contributed by atoms with Gasteiger partial charge in [-0.15, -0.1) is 0 Å². The van der Waals surface area contributed by atoms with Crippen molar-refractivity contribution in [2.45, 2.75) is 25.9 Å². The van der Waals surface area contributed by atoms with Crippen LogP contribution in [0.25, 0.3) is 0 Å². The maximum atomic E-state index is 5.67. The van der Waals surface area contributed by atoms with E-state index >= 15 is 0 Å². The maximum absolute atomic E-state index is 5.67. The lowest BCUT2D eigenvalue weighted by Gasteiger charge is -2.03. The van der Waals surface area contributed by atoms with Gasteiger partial charge in [0.15, 0.2) is 0 Å². The van der Waals surface area contributed by atoms with E-state index in [9.17, 15) is 0 Å². The van der Waals surface area contributed by atoms with Crippen LogP contribution in [0.2, 0.25) is 5.15 Å². The minimum atomic E-state index is 0.534. The average Bonchev–Trinajstić information content (AvgIpc) is 2.99. The van der Waals surface area contributed by atoms with Gasteiger partial charge in [-0.2, -0.15) is 0 Å². The Balaban J connectivity index is 1.66. The zero-order valence-electron chi connectivity index (χ0n) is 8.08. The van der Waals surface area contributed by atoms with Gasteiger partial charge < -0.3 is 4.74 Å². The first-order chi connectivity index (χ1) is 6.84. The first-order valence-corrected chi connectivity index (χ1v) is 5.40. The molecule has 0 saturated heterocycles. The second kappa shape index (κ2) is 4.76. The predicted octanol–water partition coefficient (Wildman–Crippen LogP) is 3.05. The molecule has 1 aliphatic rings. The van der Waals surface area contributed by atoms with E-state index in [1.807, 2.05) is 6.07 Å². The summed E-state index contributed by atoms with van der Waals surface area (Å²) in [5.41, 5.74) is 1.09. The molecule has 14 heavy (non-hydrogen) atoms. The van der Waals surface area contributed by atoms with Crippen molar-refractivity contribution in [2.75, 3.05) is 6.61 Å². The van der Waals surface area contributed by atoms with Gasteiger partial charge in [-0.1, -0.05) is 30.5 Å². The highest BCUT2D eigenvalue weighted by atomic mass is 35.5. The standard InChI is InChI=1S/C11H14ClNO/c12-11-4-3-10(7-13-11)8-14-6-5-9-1-2-9/h3-4,7,9H,1-2,5-6,8H2. The molecule has 1 saturated carbocycles. The van der Waals surface area contributed by atoms with Crippen molar-refractivity contribution in [1.29, 1.82) is 0 Å². The molecular weight excluding hydrogens is 198 g/mol. The molecule has 1 fully saturated rings. The first kappa shape index (κ1) is 9.94. The van der Waals surface area contributed by atoms with Crippen molar-refractivity contribution in [1.82, 2.24) is 4.98 Å². The van der Waals surface area contributed by atoms with Gasteiger partial charge in [0.25, 0.3) is 0 Å². The normalized spacial score (nSPS) is 15.8. The molecule has 2 rings (SSSR count). The summed E-state index contributed by atoms with van der Waals surface area (Å²) in [6.07, 6.45) is 5.76. The number of rotatable bonds is 5. The van der Waals surface area contributed by atoms with Crippen molar-refractivity contribution in [2.24, 2.45) is 5.92 Å². The highest BCUT2D eigenvalue weighted by molar-refractivity contribution is 6.29. The van der Waals surface area contributed by atoms with E-state index in [4.69, 9.17) is 16.3 Å². The Morgan fingerprint density at radius 1 is 1.43 bits per heavy atom. The minimum Gasteiger partial charge on any atom is -0.377 e. The lowest BCUT2D eigenvalue weighted by atomic mass is 10.3. The van der Waals surface area contributed by atoms with Crippen molar-refractivity contribution in [3.63, 3.8) is 0 Å². The number of ether oxygens (including phenoxy) is 1. The molecule has 0 aromatic carbocycles. The Kier molecular flexibility index (Phi) is 3.38. The Hall–Kier alpha value is -0.600. The summed E-state index contributed by atoms with van der Waals surface area (Å²) < 4.78 is 5.53. The summed E-state index contributed by atoms with van der Waals surface area (Å²) in [6, 6.07) is 3.74. The number of aromatic nitrogens is 1. The third-order valence-corrected chi connectivity index (χ3v) is 2.65. The van der Waals surface area contributed by atoms with Gasteiger partial charge in [-0.3, -0.25) is 0 Å². The molecule has 1 aromatic rings. The molecule has 1 heterocycles. The molecular formula is C11H14ClNO. The van der Waals surface area contributed by atoms with Crippen LogP contribution in [0, 0.1) is 5.92 Å². The fraction of sp³-hybridized carbons (Fsp3) is 0.545. The number of nitrogens with zero attached hydrogens (tertiary/aromatic N) is 1. The molecule has 3 heteroatoms. The Morgan fingerprint density at radius 2 is 2.29 bits per heavy atom. The van der Waals surface area contributed by atoms with Crippen LogP contribution < -0.4 is 0 Å². The fourth-order valence-electron chi connectivity index (χ4n) is 1.34. The van der Waals surface area contributed by atoms with Gasteiger partial charge in [0.05, 0.1) is 6.61 Å². The molecule has 0 bridgehead atoms. The summed E-state index contributed by atoms with van der Waals surface area (Å²) in [7, 11) is 0. The SMILES string of the molecule is Clc1ccc(COCCC2CC2)cn1. The number of pyridine rings is 1. The molecule has 1 aliphatic carbocycles. The molecule has 0 radical (unpaired) electrons. The van der Waals surface area contributed by atoms with Crippen molar-refractivity contribution in [3.05, 3.63) is 29.0 Å². The highest BCUT2D eigenvalue weighted by Gasteiger charge is 2.20. The number of halogens is 1. The van der Waals surface area contributed by atoms with Crippen molar-refractivity contribution < 1.29 is 4.74 Å². The predicted molar refractivity (Wildman–Crippen MR) is 56.2 cm³/mol. The van der Waals surface area contributed by atoms with Crippen LogP contribution in [0.15, 0.2) is 18.3 Å². The third kappa shape index (κ3) is 3.28. The second-order valence-electron chi connectivity index (χ2n) is 3.77. The Labute approximate surface area is 89.3 Å². The van der Waals surface area contributed by atoms with Gasteiger partial charge in [-0.05, 0) is 24.0 Å². The zero-order chi connectivity index (χ0) is 9.80. The van der Waals surface area contributed by atoms with Gasteiger partial charge in [-0.25, -0.2) is 4.98 Å². The van der Waals surface area contributed by atoms with Crippen molar-refractivity contribution in [3.8, 4) is 0 Å². The zero-order valence-corrected chi connectivity index (χ0v) is 8.83. The maximum Gasteiger partial charge on any atom is 0.129 e. The van der Waals surface area contributed by atoms with Crippen molar-refractivity contribution >= 4 is 11.6 Å². The van der Waals surface area contributed by atoms with E-state index in [1.54, 1.807) is 12.3 Å². The number of hydrogen-bond acceptors (Lipinski definition) is 2. The summed E-state index contributed by atoms with van der Waals surface area (Å²) in [5, 5.41) is 0.534. The molecule has 0 aliphatic heterocycles. The van der Waals surface area contributed by atoms with Crippen LogP contribution in [-0.4, -0.2) is 11.6 Å². The van der Waals surface area contributed by atoms with E-state index in [1.165, 1.54) is 19.3 Å². The summed E-state index contributed by atoms with van der Waals surface area (Å²) in [6.45, 7) is 1.52. The first-order valence-electron chi connectivity index (χ1n) is 5.03. The molecule has 0 spiro atoms. The molecule has 1 aromatic heterocycles. The molecule has 0 amide bonds. The molecule has 0 atom stereocenters. The van der Waals surface area contributed by atoms with Crippen LogP contribution in [-0.2, 0) is 11.3 Å². The topological polar surface area (TPSA) is 22.1 Å². The van der Waals surface area contributed by atoms with Gasteiger partial charge in [0, 0.05) is 12.8 Å². The van der Waals surface area contributed by atoms with E-state index in [-0.39, 0.29) is 0 Å². The summed E-state index contributed by atoms with van der Waals surface area (Å²) >= 11 is 5.67. The lowest BCUT2D eigenvalue weighted by Crippen LogP contribution is -1.96. The summed E-state index contributed by atoms with van der Waals surface area (Å²) in [5.74, 6) is 0.943. The molecule has 0 N–H and O–H groups in total. The van der Waals surface area contributed by atoms with Crippen LogP contribution >= 0.6 is 11.6 Å². The van der Waals surface area contributed by atoms with Gasteiger partial charge >= 0.3 is 0 Å². The molecule has 0 unspecified atom stereocenters. The van der Waals surface area contributed by atoms with E-state index in [2.05, 4.69) is 4.98 Å². The van der Waals surface area contributed by atoms with Crippen LogP contribution in [0.4, 0.5) is 0 Å². The van der Waals surface area contributed by atoms with Crippen LogP contribution in [0.3, 0.4) is 0 Å². The van der Waals surface area contributed by atoms with E-state index in [0.29, 0.717) is 11.8 Å². The lowest BCUT2D eigenvalue weighted by molar-refractivity contribution is 0.115. The highest BCUT2D eigenvalue weighted by Crippen LogP contribution is 2.32. The molecule has 76 valence electrons. The fourth-order valence-corrected chi connectivity index (χ4v) is 1.45. The van der Waals surface area contributed by atoms with Gasteiger partial charge in [0.2, 0.25) is 0 Å². The Morgan fingerprint density at radius 3 is 2.93 bits per heavy atom. The molecule has 2 nitrogen and oxygen atoms in total. The monoisotopic (exact) mass is 211 g/mol. The summed E-state index contributed by atoms with van der Waals surface area (Å²) in [4.78, 5) is 3.99. The smallest absolute Gasteiger partial charge is 0.129 e. The third-order valence-electron chi connectivity index (χ3n) is 2.42. The quantitative estimate of drug-likeness (QED) is 0.552. The average molecular weight is 212 g/mol. The second-order valence-corrected chi connectivity index (χ2v) is 4.16. The number of hydrogen-bond donors (Lipinski definition) is 0.